The molecule has 0 saturated carbocycles. The Morgan fingerprint density at radius 3 is 2.68 bits per heavy atom. The van der Waals surface area contributed by atoms with Gasteiger partial charge in [0.05, 0.1) is 0 Å². The fourth-order valence-electron chi connectivity index (χ4n) is 2.23. The molecule has 0 bridgehead atoms. The Morgan fingerprint density at radius 1 is 1.32 bits per heavy atom. The van der Waals surface area contributed by atoms with Crippen LogP contribution in [0.15, 0.2) is 18.3 Å². The number of carbonyl (C=O) groups excluding carboxylic acids is 3. The molecule has 7 heteroatoms. The molecule has 1 aromatic heterocycles. The van der Waals surface area contributed by atoms with Crippen LogP contribution in [0.4, 0.5) is 0 Å². The lowest BCUT2D eigenvalue weighted by atomic mass is 10.1. The SMILES string of the molecule is CCCNC(=O)c1cc(C(=O)N2CCN(C=O)CC2)ccn1. The lowest BCUT2D eigenvalue weighted by Gasteiger charge is -2.32. The van der Waals surface area contributed by atoms with Gasteiger partial charge in [-0.15, -0.1) is 0 Å². The third-order valence-electron chi connectivity index (χ3n) is 3.53. The quantitative estimate of drug-likeness (QED) is 0.784. The van der Waals surface area contributed by atoms with E-state index in [-0.39, 0.29) is 17.5 Å². The summed E-state index contributed by atoms with van der Waals surface area (Å²) in [4.78, 5) is 42.3. The van der Waals surface area contributed by atoms with Crippen LogP contribution in [-0.4, -0.2) is 65.7 Å². The van der Waals surface area contributed by atoms with Crippen molar-refractivity contribution in [1.29, 1.82) is 0 Å². The fraction of sp³-hybridized carbons (Fsp3) is 0.467. The highest BCUT2D eigenvalue weighted by atomic mass is 16.2. The van der Waals surface area contributed by atoms with Crippen molar-refractivity contribution in [3.8, 4) is 0 Å². The number of nitrogens with one attached hydrogen (secondary N) is 1. The van der Waals surface area contributed by atoms with Crippen molar-refractivity contribution >= 4 is 18.2 Å². The Kier molecular flexibility index (Phi) is 5.46. The van der Waals surface area contributed by atoms with Crippen molar-refractivity contribution in [3.63, 3.8) is 0 Å². The van der Waals surface area contributed by atoms with Crippen LogP contribution < -0.4 is 5.32 Å². The second-order valence-corrected chi connectivity index (χ2v) is 5.12. The number of piperazine rings is 1. The maximum Gasteiger partial charge on any atom is 0.269 e. The maximum absolute atomic E-state index is 12.4. The Hall–Kier alpha value is -2.44. The number of hydrogen-bond acceptors (Lipinski definition) is 4. The van der Waals surface area contributed by atoms with Crippen LogP contribution in [0.25, 0.3) is 0 Å². The van der Waals surface area contributed by atoms with Crippen LogP contribution in [-0.2, 0) is 4.79 Å². The maximum atomic E-state index is 12.4. The number of hydrogen-bond donors (Lipinski definition) is 1. The van der Waals surface area contributed by atoms with Crippen LogP contribution in [0.2, 0.25) is 0 Å². The molecule has 1 aromatic rings. The van der Waals surface area contributed by atoms with Gasteiger partial charge in [0, 0.05) is 44.5 Å². The molecule has 1 N–H and O–H groups in total. The summed E-state index contributed by atoms with van der Waals surface area (Å²) >= 11 is 0. The smallest absolute Gasteiger partial charge is 0.269 e. The minimum atomic E-state index is -0.276. The van der Waals surface area contributed by atoms with Gasteiger partial charge in [-0.05, 0) is 18.6 Å². The summed E-state index contributed by atoms with van der Waals surface area (Å²) < 4.78 is 0. The van der Waals surface area contributed by atoms with E-state index in [0.717, 1.165) is 12.8 Å². The summed E-state index contributed by atoms with van der Waals surface area (Å²) in [6, 6.07) is 3.12. The van der Waals surface area contributed by atoms with E-state index in [4.69, 9.17) is 0 Å². The first kappa shape index (κ1) is 15.9. The van der Waals surface area contributed by atoms with Gasteiger partial charge in [0.2, 0.25) is 6.41 Å². The normalized spacial score (nSPS) is 14.6. The van der Waals surface area contributed by atoms with E-state index in [1.165, 1.54) is 12.3 Å². The standard InChI is InChI=1S/C15H20N4O3/c1-2-4-17-14(21)13-10-12(3-5-16-13)15(22)19-8-6-18(11-20)7-9-19/h3,5,10-11H,2,4,6-9H2,1H3,(H,17,21). The van der Waals surface area contributed by atoms with Crippen LogP contribution in [0.3, 0.4) is 0 Å². The molecule has 2 heterocycles. The lowest BCUT2D eigenvalue weighted by Crippen LogP contribution is -2.48. The first-order valence-corrected chi connectivity index (χ1v) is 7.38. The van der Waals surface area contributed by atoms with E-state index in [1.54, 1.807) is 15.9 Å². The molecular weight excluding hydrogens is 284 g/mol. The zero-order chi connectivity index (χ0) is 15.9. The molecule has 0 aromatic carbocycles. The molecule has 0 radical (unpaired) electrons. The average Bonchev–Trinajstić information content (AvgIpc) is 2.59. The molecule has 0 aliphatic carbocycles. The first-order chi connectivity index (χ1) is 10.7. The molecule has 0 unspecified atom stereocenters. The molecule has 22 heavy (non-hydrogen) atoms. The van der Waals surface area contributed by atoms with Gasteiger partial charge in [-0.1, -0.05) is 6.92 Å². The van der Waals surface area contributed by atoms with Crippen LogP contribution in [0.1, 0.15) is 34.2 Å². The fourth-order valence-corrected chi connectivity index (χ4v) is 2.23. The predicted octanol–water partition coefficient (Wildman–Crippen LogP) is 0.136. The van der Waals surface area contributed by atoms with Gasteiger partial charge in [0.1, 0.15) is 5.69 Å². The summed E-state index contributed by atoms with van der Waals surface area (Å²) in [7, 11) is 0. The second kappa shape index (κ2) is 7.53. The number of nitrogens with zero attached hydrogens (tertiary/aromatic N) is 3. The Morgan fingerprint density at radius 2 is 2.05 bits per heavy atom. The van der Waals surface area contributed by atoms with Crippen LogP contribution >= 0.6 is 0 Å². The highest BCUT2D eigenvalue weighted by molar-refractivity contribution is 5.98. The van der Waals surface area contributed by atoms with Gasteiger partial charge in [-0.2, -0.15) is 0 Å². The highest BCUT2D eigenvalue weighted by Gasteiger charge is 2.22. The summed E-state index contributed by atoms with van der Waals surface area (Å²) in [5.74, 6) is -0.417. The molecule has 1 saturated heterocycles. The largest absolute Gasteiger partial charge is 0.351 e. The van der Waals surface area contributed by atoms with Crippen molar-refractivity contribution in [2.45, 2.75) is 13.3 Å². The molecule has 3 amide bonds. The van der Waals surface area contributed by atoms with Gasteiger partial charge in [-0.25, -0.2) is 0 Å². The number of aromatic nitrogens is 1. The molecule has 1 aliphatic rings. The Labute approximate surface area is 129 Å². The van der Waals surface area contributed by atoms with Gasteiger partial charge in [-0.3, -0.25) is 19.4 Å². The topological polar surface area (TPSA) is 82.6 Å². The number of pyridine rings is 1. The molecule has 2 rings (SSSR count). The zero-order valence-electron chi connectivity index (χ0n) is 12.6. The van der Waals surface area contributed by atoms with Crippen molar-refractivity contribution in [2.75, 3.05) is 32.7 Å². The first-order valence-electron chi connectivity index (χ1n) is 7.38. The predicted molar refractivity (Wildman–Crippen MR) is 80.4 cm³/mol. The third-order valence-corrected chi connectivity index (χ3v) is 3.53. The van der Waals surface area contributed by atoms with Crippen molar-refractivity contribution in [2.24, 2.45) is 0 Å². The van der Waals surface area contributed by atoms with E-state index in [1.807, 2.05) is 6.92 Å². The van der Waals surface area contributed by atoms with E-state index in [9.17, 15) is 14.4 Å². The summed E-state index contributed by atoms with van der Waals surface area (Å²) in [5.41, 5.74) is 0.682. The molecular formula is C15H20N4O3. The van der Waals surface area contributed by atoms with Gasteiger partial charge in [0.15, 0.2) is 0 Å². The molecule has 1 fully saturated rings. The third kappa shape index (κ3) is 3.81. The van der Waals surface area contributed by atoms with Crippen molar-refractivity contribution in [3.05, 3.63) is 29.6 Å². The minimum absolute atomic E-state index is 0.141. The van der Waals surface area contributed by atoms with E-state index in [0.29, 0.717) is 38.3 Å². The molecule has 0 atom stereocenters. The lowest BCUT2D eigenvalue weighted by molar-refractivity contribution is -0.119. The average molecular weight is 304 g/mol. The van der Waals surface area contributed by atoms with Gasteiger partial charge >= 0.3 is 0 Å². The van der Waals surface area contributed by atoms with Gasteiger partial charge < -0.3 is 15.1 Å². The molecule has 118 valence electrons. The number of rotatable bonds is 5. The molecule has 7 nitrogen and oxygen atoms in total. The van der Waals surface area contributed by atoms with E-state index in [2.05, 4.69) is 10.3 Å². The summed E-state index contributed by atoms with van der Waals surface area (Å²) in [6.07, 6.45) is 3.10. The van der Waals surface area contributed by atoms with E-state index < -0.39 is 0 Å². The summed E-state index contributed by atoms with van der Waals surface area (Å²) in [6.45, 7) is 4.60. The summed E-state index contributed by atoms with van der Waals surface area (Å²) in [5, 5.41) is 2.74. The molecule has 0 spiro atoms. The van der Waals surface area contributed by atoms with Crippen molar-refractivity contribution < 1.29 is 14.4 Å². The Bertz CT molecular complexity index is 553. The number of carbonyl (C=O) groups is 3. The number of amides is 3. The molecule has 1 aliphatic heterocycles. The van der Waals surface area contributed by atoms with Crippen LogP contribution in [0.5, 0.6) is 0 Å². The Balaban J connectivity index is 2.04. The minimum Gasteiger partial charge on any atom is -0.351 e. The zero-order valence-corrected chi connectivity index (χ0v) is 12.6. The monoisotopic (exact) mass is 304 g/mol. The van der Waals surface area contributed by atoms with E-state index >= 15 is 0 Å². The van der Waals surface area contributed by atoms with Gasteiger partial charge in [0.25, 0.3) is 11.8 Å². The van der Waals surface area contributed by atoms with Crippen LogP contribution in [0, 0.1) is 0 Å². The second-order valence-electron chi connectivity index (χ2n) is 5.12. The highest BCUT2D eigenvalue weighted by Crippen LogP contribution is 2.09. The van der Waals surface area contributed by atoms with Crippen molar-refractivity contribution in [1.82, 2.24) is 20.1 Å².